The Morgan fingerprint density at radius 2 is 1.78 bits per heavy atom. The first-order valence-corrected chi connectivity index (χ1v) is 10.2. The average Bonchev–Trinajstić information content (AvgIpc) is 3.35. The second-order valence-electron chi connectivity index (χ2n) is 7.90. The van der Waals surface area contributed by atoms with Gasteiger partial charge in [0, 0.05) is 31.0 Å². The maximum absolute atomic E-state index is 13.2. The molecule has 3 heterocycles. The lowest BCUT2D eigenvalue weighted by molar-refractivity contribution is 0.520. The van der Waals surface area contributed by atoms with E-state index in [1.807, 2.05) is 11.3 Å². The highest BCUT2D eigenvalue weighted by molar-refractivity contribution is 5.76. The highest BCUT2D eigenvalue weighted by atomic mass is 16.2. The van der Waals surface area contributed by atoms with Gasteiger partial charge in [-0.15, -0.1) is 0 Å². The first kappa shape index (κ1) is 18.1. The van der Waals surface area contributed by atoms with E-state index < -0.39 is 0 Å². The molecule has 1 aliphatic carbocycles. The zero-order valence-corrected chi connectivity index (χ0v) is 16.8. The fourth-order valence-electron chi connectivity index (χ4n) is 4.59. The smallest absolute Gasteiger partial charge is 0.311 e. The number of nitrogens with zero attached hydrogens (tertiary/aromatic N) is 5. The first-order chi connectivity index (χ1) is 13.0. The second-order valence-corrected chi connectivity index (χ2v) is 7.90. The van der Waals surface area contributed by atoms with E-state index in [2.05, 4.69) is 18.4 Å². The number of hydrogen-bond donors (Lipinski definition) is 0. The number of imidazole rings is 2. The summed E-state index contributed by atoms with van der Waals surface area (Å²) >= 11 is 0. The van der Waals surface area contributed by atoms with Gasteiger partial charge < -0.3 is 4.57 Å². The van der Waals surface area contributed by atoms with Gasteiger partial charge in [-0.25, -0.2) is 4.79 Å². The molecule has 0 N–H and O–H groups in total. The van der Waals surface area contributed by atoms with Gasteiger partial charge in [0.15, 0.2) is 11.2 Å². The van der Waals surface area contributed by atoms with Gasteiger partial charge in [-0.3, -0.25) is 18.3 Å². The summed E-state index contributed by atoms with van der Waals surface area (Å²) in [6, 6.07) is 0.432. The van der Waals surface area contributed by atoms with Crippen LogP contribution >= 0.6 is 0 Å². The molecule has 3 aromatic heterocycles. The molecule has 0 spiro atoms. The van der Waals surface area contributed by atoms with Gasteiger partial charge in [0.2, 0.25) is 5.78 Å². The van der Waals surface area contributed by atoms with Crippen LogP contribution in [0.25, 0.3) is 16.9 Å². The second kappa shape index (κ2) is 6.69. The van der Waals surface area contributed by atoms with Gasteiger partial charge in [0.05, 0.1) is 0 Å². The molecular formula is C20H29N5O2. The minimum atomic E-state index is -0.272. The van der Waals surface area contributed by atoms with Crippen LogP contribution in [0.4, 0.5) is 0 Å². The molecule has 0 aromatic carbocycles. The molecule has 0 unspecified atom stereocenters. The van der Waals surface area contributed by atoms with E-state index in [4.69, 9.17) is 4.98 Å². The molecule has 0 aliphatic heterocycles. The molecule has 1 fully saturated rings. The number of hydrogen-bond acceptors (Lipinski definition) is 3. The summed E-state index contributed by atoms with van der Waals surface area (Å²) < 4.78 is 7.17. The largest absolute Gasteiger partial charge is 0.332 e. The maximum atomic E-state index is 13.2. The summed E-state index contributed by atoms with van der Waals surface area (Å²) in [4.78, 5) is 30.8. The lowest BCUT2D eigenvalue weighted by Gasteiger charge is -2.13. The minimum absolute atomic E-state index is 0.219. The van der Waals surface area contributed by atoms with Gasteiger partial charge in [0.1, 0.15) is 0 Å². The third-order valence-corrected chi connectivity index (χ3v) is 6.24. The average molecular weight is 371 g/mol. The zero-order chi connectivity index (χ0) is 19.3. The Morgan fingerprint density at radius 3 is 2.44 bits per heavy atom. The third-order valence-electron chi connectivity index (χ3n) is 6.24. The summed E-state index contributed by atoms with van der Waals surface area (Å²) in [5, 5.41) is 0. The molecule has 4 rings (SSSR count). The summed E-state index contributed by atoms with van der Waals surface area (Å²) in [6.07, 6.45) is 7.65. The molecule has 0 amide bonds. The van der Waals surface area contributed by atoms with Crippen molar-refractivity contribution in [2.75, 3.05) is 0 Å². The molecule has 27 heavy (non-hydrogen) atoms. The summed E-state index contributed by atoms with van der Waals surface area (Å²) in [5.74, 6) is 0.797. The standard InChI is InChI=1S/C20H29N5O2/c1-5-6-9-12-23-18(26)16-17(22(4)20(23)27)21-19-24(15-10-7-8-11-15)13(2)14(3)25(16)19/h15H,5-12H2,1-4H3. The SMILES string of the molecule is CCCCCn1c(=O)c2c(nc3n(C4CCCC4)c(C)c(C)n23)n(C)c1=O. The van der Waals surface area contributed by atoms with E-state index >= 15 is 0 Å². The van der Waals surface area contributed by atoms with E-state index in [1.165, 1.54) is 22.0 Å². The van der Waals surface area contributed by atoms with Crippen molar-refractivity contribution in [1.29, 1.82) is 0 Å². The molecule has 0 saturated heterocycles. The lowest BCUT2D eigenvalue weighted by Crippen LogP contribution is -2.39. The van der Waals surface area contributed by atoms with Crippen molar-refractivity contribution in [1.82, 2.24) is 23.1 Å². The van der Waals surface area contributed by atoms with Gasteiger partial charge in [-0.2, -0.15) is 4.98 Å². The molecule has 7 heteroatoms. The van der Waals surface area contributed by atoms with E-state index in [9.17, 15) is 9.59 Å². The van der Waals surface area contributed by atoms with Crippen molar-refractivity contribution in [3.05, 3.63) is 32.2 Å². The molecular weight excluding hydrogens is 342 g/mol. The molecule has 7 nitrogen and oxygen atoms in total. The molecule has 1 aliphatic rings. The summed E-state index contributed by atoms with van der Waals surface area (Å²) in [5.41, 5.74) is 2.73. The van der Waals surface area contributed by atoms with Crippen molar-refractivity contribution in [3.8, 4) is 0 Å². The quantitative estimate of drug-likeness (QED) is 0.648. The lowest BCUT2D eigenvalue weighted by atomic mass is 10.2. The Labute approximate surface area is 158 Å². The predicted octanol–water partition coefficient (Wildman–Crippen LogP) is 3.07. The third kappa shape index (κ3) is 2.58. The van der Waals surface area contributed by atoms with Crippen molar-refractivity contribution in [2.45, 2.75) is 78.3 Å². The molecule has 3 aromatic rings. The van der Waals surface area contributed by atoms with Crippen LogP contribution in [0.1, 0.15) is 69.3 Å². The number of rotatable bonds is 5. The van der Waals surface area contributed by atoms with Crippen LogP contribution in [0, 0.1) is 13.8 Å². The van der Waals surface area contributed by atoms with E-state index in [0.29, 0.717) is 23.8 Å². The number of fused-ring (bicyclic) bond motifs is 3. The Bertz CT molecular complexity index is 1120. The molecule has 0 radical (unpaired) electrons. The fraction of sp³-hybridized carbons (Fsp3) is 0.650. The van der Waals surface area contributed by atoms with Crippen LogP contribution in [0.2, 0.25) is 0 Å². The Kier molecular flexibility index (Phi) is 4.48. The highest BCUT2D eigenvalue weighted by Gasteiger charge is 2.27. The monoisotopic (exact) mass is 371 g/mol. The Morgan fingerprint density at radius 1 is 1.07 bits per heavy atom. The van der Waals surface area contributed by atoms with Gasteiger partial charge in [-0.05, 0) is 33.1 Å². The van der Waals surface area contributed by atoms with Gasteiger partial charge in [-0.1, -0.05) is 32.6 Å². The van der Waals surface area contributed by atoms with Gasteiger partial charge in [0.25, 0.3) is 5.56 Å². The normalized spacial score (nSPS) is 15.6. The molecule has 0 atom stereocenters. The fourth-order valence-corrected chi connectivity index (χ4v) is 4.59. The van der Waals surface area contributed by atoms with E-state index in [-0.39, 0.29) is 11.2 Å². The highest BCUT2D eigenvalue weighted by Crippen LogP contribution is 2.34. The van der Waals surface area contributed by atoms with Gasteiger partial charge >= 0.3 is 5.69 Å². The Balaban J connectivity index is 2.02. The maximum Gasteiger partial charge on any atom is 0.332 e. The molecule has 146 valence electrons. The number of aryl methyl sites for hydroxylation is 2. The van der Waals surface area contributed by atoms with E-state index in [0.717, 1.165) is 49.3 Å². The first-order valence-electron chi connectivity index (χ1n) is 10.2. The summed E-state index contributed by atoms with van der Waals surface area (Å²) in [6.45, 7) is 6.73. The Hall–Kier alpha value is -2.31. The molecule has 0 bridgehead atoms. The van der Waals surface area contributed by atoms with Crippen LogP contribution in [0.3, 0.4) is 0 Å². The van der Waals surface area contributed by atoms with Crippen molar-refractivity contribution < 1.29 is 0 Å². The topological polar surface area (TPSA) is 66.2 Å². The molecule has 1 saturated carbocycles. The number of unbranched alkanes of at least 4 members (excludes halogenated alkanes) is 2. The van der Waals surface area contributed by atoms with Crippen LogP contribution in [0.5, 0.6) is 0 Å². The minimum Gasteiger partial charge on any atom is -0.311 e. The van der Waals surface area contributed by atoms with Crippen LogP contribution in [-0.2, 0) is 13.6 Å². The predicted molar refractivity (Wildman–Crippen MR) is 107 cm³/mol. The van der Waals surface area contributed by atoms with Crippen molar-refractivity contribution in [3.63, 3.8) is 0 Å². The summed E-state index contributed by atoms with van der Waals surface area (Å²) in [7, 11) is 1.72. The van der Waals surface area contributed by atoms with E-state index in [1.54, 1.807) is 7.05 Å². The van der Waals surface area contributed by atoms with Crippen LogP contribution < -0.4 is 11.2 Å². The number of aromatic nitrogens is 5. The zero-order valence-electron chi connectivity index (χ0n) is 16.8. The van der Waals surface area contributed by atoms with Crippen LogP contribution in [0.15, 0.2) is 9.59 Å². The van der Waals surface area contributed by atoms with Crippen molar-refractivity contribution >= 4 is 16.9 Å². The van der Waals surface area contributed by atoms with Crippen molar-refractivity contribution in [2.24, 2.45) is 7.05 Å². The van der Waals surface area contributed by atoms with Crippen LogP contribution in [-0.4, -0.2) is 23.1 Å².